The third-order valence-corrected chi connectivity index (χ3v) is 12.1. The lowest BCUT2D eigenvalue weighted by molar-refractivity contribution is -0.160. The van der Waals surface area contributed by atoms with E-state index in [2.05, 4.69) is 11.1 Å². The molecule has 4 heterocycles. The van der Waals surface area contributed by atoms with Gasteiger partial charge in [0.05, 0.1) is 40.7 Å². The summed E-state index contributed by atoms with van der Waals surface area (Å²) in [5.41, 5.74) is -4.50. The number of carboxylic acid groups (broad SMARTS) is 1. The summed E-state index contributed by atoms with van der Waals surface area (Å²) in [4.78, 5) is 46.0. The number of amides is 2. The van der Waals surface area contributed by atoms with Crippen LogP contribution < -0.4 is 9.47 Å². The fourth-order valence-electron chi connectivity index (χ4n) is 8.32. The number of para-hydroxylation sites is 1. The molecule has 3 fully saturated rings. The van der Waals surface area contributed by atoms with Gasteiger partial charge in [0.15, 0.2) is 0 Å². The summed E-state index contributed by atoms with van der Waals surface area (Å²) in [5, 5.41) is 21.2. The largest absolute Gasteiger partial charge is 0.490 e. The van der Waals surface area contributed by atoms with Crippen molar-refractivity contribution in [2.24, 2.45) is 5.92 Å². The lowest BCUT2D eigenvalue weighted by atomic mass is 9.72. The maximum absolute atomic E-state index is 15.0. The molecule has 6 rings (SSSR count). The van der Waals surface area contributed by atoms with Crippen molar-refractivity contribution in [1.82, 2.24) is 14.8 Å². The number of nitrogens with zero attached hydrogens (tertiary/aromatic N) is 4. The summed E-state index contributed by atoms with van der Waals surface area (Å²) in [7, 11) is 0. The molecule has 300 valence electrons. The number of piperidine rings is 2. The molecule has 56 heavy (non-hydrogen) atoms. The molecule has 1 aromatic carbocycles. The van der Waals surface area contributed by atoms with Gasteiger partial charge in [-0.05, 0) is 57.1 Å². The van der Waals surface area contributed by atoms with E-state index in [9.17, 15) is 46.3 Å². The van der Waals surface area contributed by atoms with Gasteiger partial charge >= 0.3 is 18.3 Å². The molecule has 0 unspecified atom stereocenters. The first-order valence-electron chi connectivity index (χ1n) is 18.4. The van der Waals surface area contributed by atoms with Gasteiger partial charge in [-0.3, -0.25) is 19.4 Å². The molecule has 2 saturated heterocycles. The Balaban J connectivity index is 1.33. The zero-order valence-electron chi connectivity index (χ0n) is 30.4. The number of hydrogen-bond donors (Lipinski definition) is 1. The van der Waals surface area contributed by atoms with Crippen molar-refractivity contribution >= 4 is 29.1 Å². The van der Waals surface area contributed by atoms with Gasteiger partial charge in [0.1, 0.15) is 16.4 Å². The molecule has 0 spiro atoms. The number of nitriles is 1. The molecule has 0 radical (unpaired) electrons. The Kier molecular flexibility index (Phi) is 11.6. The van der Waals surface area contributed by atoms with Crippen LogP contribution in [0.4, 0.5) is 26.3 Å². The summed E-state index contributed by atoms with van der Waals surface area (Å²) in [6.07, 6.45) is -6.26. The second-order valence-electron chi connectivity index (χ2n) is 14.5. The second-order valence-corrected chi connectivity index (χ2v) is 15.4. The average Bonchev–Trinajstić information content (AvgIpc) is 3.85. The zero-order chi connectivity index (χ0) is 40.5. The number of carboxylic acids is 1. The van der Waals surface area contributed by atoms with E-state index in [0.29, 0.717) is 54.4 Å². The minimum atomic E-state index is -4.90. The van der Waals surface area contributed by atoms with Crippen LogP contribution in [-0.2, 0) is 27.4 Å². The molecule has 2 amide bonds. The molecule has 0 bridgehead atoms. The molecule has 17 heteroatoms. The van der Waals surface area contributed by atoms with Gasteiger partial charge in [-0.1, -0.05) is 31.5 Å². The molecular weight excluding hydrogens is 767 g/mol. The maximum atomic E-state index is 15.0. The van der Waals surface area contributed by atoms with Crippen LogP contribution in [0.1, 0.15) is 91.1 Å². The number of thiophene rings is 1. The summed E-state index contributed by atoms with van der Waals surface area (Å²) in [6.45, 7) is 1.70. The third kappa shape index (κ3) is 8.03. The Morgan fingerprint density at radius 1 is 1.04 bits per heavy atom. The highest BCUT2D eigenvalue weighted by atomic mass is 32.1. The Labute approximate surface area is 323 Å². The topological polar surface area (TPSA) is 133 Å². The van der Waals surface area contributed by atoms with Crippen LogP contribution in [0, 0.1) is 17.2 Å². The van der Waals surface area contributed by atoms with E-state index >= 15 is 4.79 Å². The number of benzene rings is 1. The highest BCUT2D eigenvalue weighted by molar-refractivity contribution is 7.10. The number of carbonyl (C=O) groups is 3. The second kappa shape index (κ2) is 16.0. The van der Waals surface area contributed by atoms with Gasteiger partial charge < -0.3 is 24.4 Å². The average molecular weight is 807 g/mol. The number of aliphatic carboxylic acids is 1. The van der Waals surface area contributed by atoms with Gasteiger partial charge in [0.2, 0.25) is 5.60 Å². The van der Waals surface area contributed by atoms with Crippen molar-refractivity contribution < 1.29 is 55.3 Å². The first-order valence-corrected chi connectivity index (χ1v) is 19.3. The molecule has 3 aliphatic rings. The number of carbonyl (C=O) groups excluding carboxylic acids is 2. The predicted octanol–water partition coefficient (Wildman–Crippen LogP) is 8.12. The van der Waals surface area contributed by atoms with Gasteiger partial charge in [-0.15, -0.1) is 11.3 Å². The van der Waals surface area contributed by atoms with E-state index < -0.39 is 69.1 Å². The monoisotopic (exact) mass is 806 g/mol. The Morgan fingerprint density at radius 2 is 1.77 bits per heavy atom. The Morgan fingerprint density at radius 3 is 2.39 bits per heavy atom. The van der Waals surface area contributed by atoms with Crippen molar-refractivity contribution in [2.45, 2.75) is 100 Å². The molecule has 4 atom stereocenters. The van der Waals surface area contributed by atoms with Gasteiger partial charge in [-0.2, -0.15) is 31.6 Å². The number of halogens is 6. The van der Waals surface area contributed by atoms with Crippen molar-refractivity contribution in [3.05, 3.63) is 75.7 Å². The van der Waals surface area contributed by atoms with Crippen molar-refractivity contribution in [2.75, 3.05) is 19.6 Å². The van der Waals surface area contributed by atoms with Crippen LogP contribution in [0.5, 0.6) is 11.5 Å². The predicted molar refractivity (Wildman–Crippen MR) is 190 cm³/mol. The number of pyridine rings is 1. The highest BCUT2D eigenvalue weighted by Crippen LogP contribution is 2.45. The Bertz CT molecular complexity index is 1970. The standard InChI is InChI=1S/C39H40F6N4O6S/c1-2-6-31-37(55-26-20-32(56-22-26)39(43,44)45,12-5-16-49(31)33(50)27-21-47-15-11-28(27)38(40,41)42)35(53)48-17-13-36(23-46,14-18-48)29-7-3-4-8-30(29)54-25-10-9-24(19-25)34(51)52/h3-4,7-8,11,15,20-22,24-25,31H,2,5-6,9-10,12-14,16-19H2,1H3,(H,51,52)/t24-,25-,31-,37+/m1/s1. The molecule has 10 nitrogen and oxygen atoms in total. The summed E-state index contributed by atoms with van der Waals surface area (Å²) >= 11 is 0.363. The minimum absolute atomic E-state index is 0.00140. The molecule has 2 aliphatic heterocycles. The van der Waals surface area contributed by atoms with E-state index in [0.717, 1.165) is 28.7 Å². The lowest BCUT2D eigenvalue weighted by Gasteiger charge is -2.51. The van der Waals surface area contributed by atoms with Gasteiger partial charge in [0.25, 0.3) is 11.8 Å². The number of hydrogen-bond acceptors (Lipinski definition) is 8. The SMILES string of the molecule is CCC[C@H]1N(C(=O)c2cnccc2C(F)(F)F)CCC[C@@]1(Oc1csc(C(F)(F)F)c1)C(=O)N1CCC(C#N)(c2ccccc2O[C@@H]2CC[C@@H](C(=O)O)C2)CC1. The van der Waals surface area contributed by atoms with Crippen LogP contribution in [0.15, 0.2) is 54.2 Å². The first kappa shape index (κ1) is 40.8. The third-order valence-electron chi connectivity index (χ3n) is 11.1. The molecule has 1 aliphatic carbocycles. The fraction of sp³-hybridized carbons (Fsp3) is 0.513. The Hall–Kier alpha value is -4.85. The minimum Gasteiger partial charge on any atom is -0.490 e. The van der Waals surface area contributed by atoms with Crippen molar-refractivity contribution in [1.29, 1.82) is 5.26 Å². The van der Waals surface area contributed by atoms with E-state index in [-0.39, 0.29) is 63.6 Å². The summed E-state index contributed by atoms with van der Waals surface area (Å²) < 4.78 is 96.1. The van der Waals surface area contributed by atoms with E-state index in [1.54, 1.807) is 31.2 Å². The summed E-state index contributed by atoms with van der Waals surface area (Å²) in [6, 6.07) is 9.66. The van der Waals surface area contributed by atoms with Gasteiger partial charge in [-0.25, -0.2) is 0 Å². The number of ether oxygens (including phenoxy) is 2. The number of rotatable bonds is 10. The van der Waals surface area contributed by atoms with Crippen LogP contribution in [0.3, 0.4) is 0 Å². The first-order chi connectivity index (χ1) is 26.5. The normalized spacial score (nSPS) is 24.0. The van der Waals surface area contributed by atoms with E-state index in [1.807, 2.05) is 0 Å². The smallest absolute Gasteiger partial charge is 0.425 e. The van der Waals surface area contributed by atoms with Crippen LogP contribution in [0.25, 0.3) is 0 Å². The van der Waals surface area contributed by atoms with Gasteiger partial charge in [0, 0.05) is 55.5 Å². The summed E-state index contributed by atoms with van der Waals surface area (Å²) in [5.74, 6) is -2.96. The van der Waals surface area contributed by atoms with Crippen molar-refractivity contribution in [3.8, 4) is 17.6 Å². The van der Waals surface area contributed by atoms with Crippen LogP contribution in [-0.4, -0.2) is 75.1 Å². The number of likely N-dealkylation sites (tertiary alicyclic amines) is 2. The molecule has 2 aromatic heterocycles. The van der Waals surface area contributed by atoms with Crippen molar-refractivity contribution in [3.63, 3.8) is 0 Å². The molecule has 3 aromatic rings. The molecule has 1 saturated carbocycles. The van der Waals surface area contributed by atoms with Crippen LogP contribution in [0.2, 0.25) is 0 Å². The fourth-order valence-corrected chi connectivity index (χ4v) is 9.00. The maximum Gasteiger partial charge on any atom is 0.425 e. The van der Waals surface area contributed by atoms with E-state index in [4.69, 9.17) is 9.47 Å². The quantitative estimate of drug-likeness (QED) is 0.203. The van der Waals surface area contributed by atoms with Crippen LogP contribution >= 0.6 is 11.3 Å². The highest BCUT2D eigenvalue weighted by Gasteiger charge is 2.57. The molecule has 1 N–H and O–H groups in total. The lowest BCUT2D eigenvalue weighted by Crippen LogP contribution is -2.68. The number of aromatic nitrogens is 1. The van der Waals surface area contributed by atoms with E-state index in [1.165, 1.54) is 4.90 Å². The molecular formula is C39H40F6N4O6S. The number of alkyl halides is 6. The zero-order valence-corrected chi connectivity index (χ0v) is 31.2.